The fraction of sp³-hybridized carbons (Fsp3) is 0.385. The normalized spacial score (nSPS) is 9.71. The van der Waals surface area contributed by atoms with Crippen LogP contribution in [0.25, 0.3) is 0 Å². The summed E-state index contributed by atoms with van der Waals surface area (Å²) < 4.78 is 0. The smallest absolute Gasteiger partial charge is 0.163 e. The Morgan fingerprint density at radius 1 is 1.53 bits per heavy atom. The Kier molecular flexibility index (Phi) is 4.53. The van der Waals surface area contributed by atoms with Crippen LogP contribution in [0.15, 0.2) is 18.2 Å². The molecule has 0 amide bonds. The number of aromatic hydroxyl groups is 1. The third-order valence-corrected chi connectivity index (χ3v) is 2.60. The second kappa shape index (κ2) is 5.90. The maximum Gasteiger partial charge on any atom is 0.163 e. The zero-order valence-corrected chi connectivity index (χ0v) is 10.1. The van der Waals surface area contributed by atoms with Gasteiger partial charge in [0.1, 0.15) is 5.75 Å². The predicted octanol–water partition coefficient (Wildman–Crippen LogP) is 2.33. The van der Waals surface area contributed by atoms with Gasteiger partial charge in [0, 0.05) is 24.8 Å². The molecule has 0 radical (unpaired) electrons. The summed E-state index contributed by atoms with van der Waals surface area (Å²) in [5, 5.41) is 18.3. The highest BCUT2D eigenvalue weighted by Crippen LogP contribution is 2.25. The molecular weight excluding hydrogens is 216 g/mol. The van der Waals surface area contributed by atoms with E-state index in [0.29, 0.717) is 18.5 Å². The van der Waals surface area contributed by atoms with Gasteiger partial charge in [0.25, 0.3) is 0 Å². The molecule has 0 saturated carbocycles. The Balaban J connectivity index is 2.95. The maximum atomic E-state index is 11.2. The molecule has 0 heterocycles. The minimum atomic E-state index is -0.158. The van der Waals surface area contributed by atoms with Crippen molar-refractivity contribution in [3.63, 3.8) is 0 Å². The summed E-state index contributed by atoms with van der Waals surface area (Å²) in [4.78, 5) is 13.2. The number of ketones is 1. The number of rotatable bonds is 5. The van der Waals surface area contributed by atoms with Gasteiger partial charge in [-0.1, -0.05) is 0 Å². The number of nitrogens with zero attached hydrogens (tertiary/aromatic N) is 2. The predicted molar refractivity (Wildman–Crippen MR) is 66.2 cm³/mol. The van der Waals surface area contributed by atoms with E-state index in [-0.39, 0.29) is 11.5 Å². The van der Waals surface area contributed by atoms with Crippen molar-refractivity contribution in [2.24, 2.45) is 0 Å². The van der Waals surface area contributed by atoms with Crippen LogP contribution in [0.4, 0.5) is 5.69 Å². The molecule has 4 nitrogen and oxygen atoms in total. The lowest BCUT2D eigenvalue weighted by Crippen LogP contribution is -2.23. The second-order valence-corrected chi connectivity index (χ2v) is 3.75. The van der Waals surface area contributed by atoms with E-state index in [1.807, 2.05) is 11.8 Å². The number of Topliss-reactive ketones (excluding diaryl/α,β-unsaturated/α-hetero) is 1. The number of phenols is 1. The number of hydrogen-bond acceptors (Lipinski definition) is 4. The Hall–Kier alpha value is -2.02. The quantitative estimate of drug-likeness (QED) is 0.791. The average molecular weight is 232 g/mol. The molecule has 0 aliphatic heterocycles. The molecule has 17 heavy (non-hydrogen) atoms. The minimum absolute atomic E-state index is 0.00888. The van der Waals surface area contributed by atoms with Crippen LogP contribution < -0.4 is 4.90 Å². The summed E-state index contributed by atoms with van der Waals surface area (Å²) in [6, 6.07) is 7.06. The van der Waals surface area contributed by atoms with Crippen molar-refractivity contribution in [2.75, 3.05) is 18.0 Å². The van der Waals surface area contributed by atoms with Crippen LogP contribution in [0, 0.1) is 11.3 Å². The van der Waals surface area contributed by atoms with Gasteiger partial charge >= 0.3 is 0 Å². The van der Waals surface area contributed by atoms with E-state index in [0.717, 1.165) is 12.2 Å². The van der Waals surface area contributed by atoms with Gasteiger partial charge < -0.3 is 10.0 Å². The van der Waals surface area contributed by atoms with Gasteiger partial charge in [0.15, 0.2) is 5.78 Å². The molecule has 1 rings (SSSR count). The number of hydrogen-bond donors (Lipinski definition) is 1. The van der Waals surface area contributed by atoms with Crippen LogP contribution in [0.5, 0.6) is 5.75 Å². The lowest BCUT2D eigenvalue weighted by Gasteiger charge is -2.22. The fourth-order valence-electron chi connectivity index (χ4n) is 1.67. The standard InChI is InChI=1S/C13H16N2O2/c1-3-15(8-4-7-14)11-5-6-12(10(2)16)13(17)9-11/h5-6,9,17H,3-4,8H2,1-2H3. The topological polar surface area (TPSA) is 64.3 Å². The largest absolute Gasteiger partial charge is 0.507 e. The Labute approximate surface area is 101 Å². The SMILES string of the molecule is CCN(CCC#N)c1ccc(C(C)=O)c(O)c1. The van der Waals surface area contributed by atoms with Crippen LogP contribution in [0.2, 0.25) is 0 Å². The highest BCUT2D eigenvalue weighted by Gasteiger charge is 2.10. The summed E-state index contributed by atoms with van der Waals surface area (Å²) in [5.74, 6) is -0.167. The molecule has 0 unspecified atom stereocenters. The van der Waals surface area contributed by atoms with Crippen LogP contribution in [0.3, 0.4) is 0 Å². The molecule has 0 saturated heterocycles. The fourth-order valence-corrected chi connectivity index (χ4v) is 1.67. The minimum Gasteiger partial charge on any atom is -0.507 e. The van der Waals surface area contributed by atoms with E-state index in [1.54, 1.807) is 18.2 Å². The van der Waals surface area contributed by atoms with E-state index in [4.69, 9.17) is 5.26 Å². The van der Waals surface area contributed by atoms with Gasteiger partial charge in [-0.3, -0.25) is 4.79 Å². The van der Waals surface area contributed by atoms with Gasteiger partial charge in [-0.2, -0.15) is 5.26 Å². The highest BCUT2D eigenvalue weighted by atomic mass is 16.3. The van der Waals surface area contributed by atoms with Gasteiger partial charge in [-0.25, -0.2) is 0 Å². The molecule has 0 aliphatic carbocycles. The molecule has 4 heteroatoms. The van der Waals surface area contributed by atoms with Crippen LogP contribution in [-0.4, -0.2) is 24.0 Å². The second-order valence-electron chi connectivity index (χ2n) is 3.75. The van der Waals surface area contributed by atoms with E-state index in [9.17, 15) is 9.90 Å². The molecule has 0 aromatic heterocycles. The summed E-state index contributed by atoms with van der Waals surface area (Å²) in [6.07, 6.45) is 0.434. The average Bonchev–Trinajstić information content (AvgIpc) is 2.29. The Morgan fingerprint density at radius 3 is 2.71 bits per heavy atom. The molecule has 0 spiro atoms. The van der Waals surface area contributed by atoms with E-state index >= 15 is 0 Å². The number of anilines is 1. The first-order chi connectivity index (χ1) is 8.10. The van der Waals surface area contributed by atoms with Crippen molar-refractivity contribution >= 4 is 11.5 Å². The number of phenolic OH excluding ortho intramolecular Hbond substituents is 1. The van der Waals surface area contributed by atoms with E-state index < -0.39 is 0 Å². The summed E-state index contributed by atoms with van der Waals surface area (Å²) in [5.41, 5.74) is 1.15. The van der Waals surface area contributed by atoms with Crippen molar-refractivity contribution in [2.45, 2.75) is 20.3 Å². The Morgan fingerprint density at radius 2 is 2.24 bits per heavy atom. The van der Waals surface area contributed by atoms with Crippen molar-refractivity contribution in [1.82, 2.24) is 0 Å². The first-order valence-corrected chi connectivity index (χ1v) is 5.56. The van der Waals surface area contributed by atoms with E-state index in [2.05, 4.69) is 6.07 Å². The molecule has 1 N–H and O–H groups in total. The van der Waals surface area contributed by atoms with Crippen molar-refractivity contribution < 1.29 is 9.90 Å². The van der Waals surface area contributed by atoms with Gasteiger partial charge in [-0.05, 0) is 26.0 Å². The molecule has 0 bridgehead atoms. The van der Waals surface area contributed by atoms with Gasteiger partial charge in [0.2, 0.25) is 0 Å². The summed E-state index contributed by atoms with van der Waals surface area (Å²) in [6.45, 7) is 4.77. The zero-order chi connectivity index (χ0) is 12.8. The van der Waals surface area contributed by atoms with Crippen LogP contribution >= 0.6 is 0 Å². The maximum absolute atomic E-state index is 11.2. The molecule has 0 atom stereocenters. The number of carbonyl (C=O) groups is 1. The van der Waals surface area contributed by atoms with Crippen LogP contribution in [0.1, 0.15) is 30.6 Å². The zero-order valence-electron chi connectivity index (χ0n) is 10.1. The summed E-state index contributed by atoms with van der Waals surface area (Å²) in [7, 11) is 0. The first kappa shape index (κ1) is 13.0. The molecular formula is C13H16N2O2. The molecule has 1 aromatic carbocycles. The lowest BCUT2D eigenvalue weighted by molar-refractivity contribution is 0.101. The lowest BCUT2D eigenvalue weighted by atomic mass is 10.1. The van der Waals surface area contributed by atoms with Gasteiger partial charge in [-0.15, -0.1) is 0 Å². The number of benzene rings is 1. The van der Waals surface area contributed by atoms with E-state index in [1.165, 1.54) is 6.92 Å². The molecule has 0 aliphatic rings. The first-order valence-electron chi connectivity index (χ1n) is 5.56. The monoisotopic (exact) mass is 232 g/mol. The number of nitriles is 1. The molecule has 0 fully saturated rings. The Bertz CT molecular complexity index is 449. The van der Waals surface area contributed by atoms with Crippen molar-refractivity contribution in [3.8, 4) is 11.8 Å². The highest BCUT2D eigenvalue weighted by molar-refractivity contribution is 5.97. The third kappa shape index (κ3) is 3.22. The van der Waals surface area contributed by atoms with Crippen molar-refractivity contribution in [1.29, 1.82) is 5.26 Å². The molecule has 1 aromatic rings. The number of carbonyl (C=O) groups excluding carboxylic acids is 1. The molecule has 90 valence electrons. The third-order valence-electron chi connectivity index (χ3n) is 2.60. The van der Waals surface area contributed by atoms with Gasteiger partial charge in [0.05, 0.1) is 18.1 Å². The summed E-state index contributed by atoms with van der Waals surface area (Å²) >= 11 is 0. The van der Waals surface area contributed by atoms with Crippen molar-refractivity contribution in [3.05, 3.63) is 23.8 Å². The van der Waals surface area contributed by atoms with Crippen LogP contribution in [-0.2, 0) is 0 Å².